The minimum Gasteiger partial charge on any atom is -0.385 e. The van der Waals surface area contributed by atoms with Crippen molar-refractivity contribution < 1.29 is 0 Å². The molecule has 0 aromatic heterocycles. The van der Waals surface area contributed by atoms with Gasteiger partial charge in [0.05, 0.1) is 5.82 Å². The topological polar surface area (TPSA) is 29.3 Å². The van der Waals surface area contributed by atoms with E-state index in [0.29, 0.717) is 0 Å². The lowest BCUT2D eigenvalue weighted by molar-refractivity contribution is 0.499. The summed E-state index contributed by atoms with van der Waals surface area (Å²) in [4.78, 5) is 1.90. The van der Waals surface area contributed by atoms with Crippen LogP contribution in [-0.2, 0) is 0 Å². The quantitative estimate of drug-likeness (QED) is 0.545. The van der Waals surface area contributed by atoms with E-state index in [9.17, 15) is 0 Å². The van der Waals surface area contributed by atoms with E-state index in [0.717, 1.165) is 11.4 Å². The largest absolute Gasteiger partial charge is 0.385 e. The third kappa shape index (κ3) is 1.87. The summed E-state index contributed by atoms with van der Waals surface area (Å²) in [7, 11) is 3.87. The van der Waals surface area contributed by atoms with Gasteiger partial charge in [-0.25, -0.2) is 0 Å². The van der Waals surface area contributed by atoms with Crippen LogP contribution in [0, 0.1) is 0 Å². The molecule has 2 N–H and O–H groups in total. The Morgan fingerprint density at radius 1 is 1.25 bits per heavy atom. The number of nitrogens with two attached hydrogens (primary N) is 1. The fourth-order valence-corrected chi connectivity index (χ4v) is 0.447. The van der Waals surface area contributed by atoms with Crippen LogP contribution in [0.4, 0.5) is 0 Å². The van der Waals surface area contributed by atoms with Crippen molar-refractivity contribution in [1.82, 2.24) is 4.90 Å². The van der Waals surface area contributed by atoms with Crippen LogP contribution < -0.4 is 5.73 Å². The molecule has 0 aliphatic heterocycles. The Hall–Kier alpha value is -0.660. The summed E-state index contributed by atoms with van der Waals surface area (Å²) >= 11 is 0. The molecule has 0 atom stereocenters. The number of hydrogen-bond acceptors (Lipinski definition) is 2. The molecule has 2 nitrogen and oxygen atoms in total. The maximum Gasteiger partial charge on any atom is 0.0967 e. The molecule has 0 saturated carbocycles. The van der Waals surface area contributed by atoms with Crippen LogP contribution in [0.2, 0.25) is 0 Å². The normalized spacial score (nSPS) is 8.50. The van der Waals surface area contributed by atoms with Crippen molar-refractivity contribution in [3.63, 3.8) is 0 Å². The van der Waals surface area contributed by atoms with Gasteiger partial charge in [0.2, 0.25) is 0 Å². The highest BCUT2D eigenvalue weighted by Gasteiger charge is 1.91. The van der Waals surface area contributed by atoms with Gasteiger partial charge < -0.3 is 10.6 Å². The van der Waals surface area contributed by atoms with Crippen LogP contribution in [0.15, 0.2) is 11.4 Å². The lowest BCUT2D eigenvalue weighted by Crippen LogP contribution is -2.19. The highest BCUT2D eigenvalue weighted by Crippen LogP contribution is 1.96. The van der Waals surface area contributed by atoms with Gasteiger partial charge in [0.15, 0.2) is 0 Å². The highest BCUT2D eigenvalue weighted by molar-refractivity contribution is 5.02. The Morgan fingerprint density at radius 2 is 1.62 bits per heavy atom. The summed E-state index contributed by atoms with van der Waals surface area (Å²) in [5.74, 6) is 0.852. The number of hydrogen-bond donors (Lipinski definition) is 1. The van der Waals surface area contributed by atoms with E-state index in [1.54, 1.807) is 0 Å². The van der Waals surface area contributed by atoms with Gasteiger partial charge in [-0.15, -0.1) is 0 Å². The second kappa shape index (κ2) is 2.60. The first kappa shape index (κ1) is 7.34. The van der Waals surface area contributed by atoms with Crippen LogP contribution in [0.1, 0.15) is 13.8 Å². The molecule has 2 heteroatoms. The van der Waals surface area contributed by atoms with Gasteiger partial charge >= 0.3 is 0 Å². The molecule has 0 amide bonds. The molecule has 0 saturated heterocycles. The summed E-state index contributed by atoms with van der Waals surface area (Å²) in [6, 6.07) is 0. The summed E-state index contributed by atoms with van der Waals surface area (Å²) in [6.45, 7) is 3.99. The summed E-state index contributed by atoms with van der Waals surface area (Å²) in [5.41, 5.74) is 6.73. The van der Waals surface area contributed by atoms with Gasteiger partial charge in [-0.2, -0.15) is 0 Å². The molecule has 0 spiro atoms. The van der Waals surface area contributed by atoms with Crippen LogP contribution in [0.5, 0.6) is 0 Å². The molecule has 0 fully saturated rings. The second-order valence-corrected chi connectivity index (χ2v) is 2.28. The molecule has 8 heavy (non-hydrogen) atoms. The summed E-state index contributed by atoms with van der Waals surface area (Å²) in [6.07, 6.45) is 0. The van der Waals surface area contributed by atoms with E-state index < -0.39 is 0 Å². The van der Waals surface area contributed by atoms with Crippen molar-refractivity contribution in [2.75, 3.05) is 14.1 Å². The van der Waals surface area contributed by atoms with Crippen molar-refractivity contribution >= 4 is 0 Å². The van der Waals surface area contributed by atoms with E-state index in [2.05, 4.69) is 0 Å². The number of nitrogens with zero attached hydrogens (tertiary/aromatic N) is 1. The zero-order valence-corrected chi connectivity index (χ0v) is 6.02. The Kier molecular flexibility index (Phi) is 2.38. The van der Waals surface area contributed by atoms with Crippen LogP contribution in [0.25, 0.3) is 0 Å². The van der Waals surface area contributed by atoms with Crippen molar-refractivity contribution in [2.24, 2.45) is 5.73 Å². The van der Waals surface area contributed by atoms with E-state index >= 15 is 0 Å². The molecule has 0 radical (unpaired) electrons. The summed E-state index contributed by atoms with van der Waals surface area (Å²) < 4.78 is 0. The lowest BCUT2D eigenvalue weighted by atomic mass is 10.3. The predicted molar refractivity (Wildman–Crippen MR) is 36.2 cm³/mol. The van der Waals surface area contributed by atoms with Crippen molar-refractivity contribution in [3.8, 4) is 0 Å². The molecule has 0 aromatic carbocycles. The van der Waals surface area contributed by atoms with Gasteiger partial charge in [-0.05, 0) is 19.4 Å². The Morgan fingerprint density at radius 3 is 1.62 bits per heavy atom. The highest BCUT2D eigenvalue weighted by atomic mass is 15.1. The molecule has 0 bridgehead atoms. The molecule has 0 heterocycles. The molecule has 0 aliphatic carbocycles. The van der Waals surface area contributed by atoms with Crippen LogP contribution in [-0.4, -0.2) is 19.0 Å². The van der Waals surface area contributed by atoms with Gasteiger partial charge in [-0.1, -0.05) is 0 Å². The zero-order chi connectivity index (χ0) is 6.73. The molecule has 0 aliphatic rings. The van der Waals surface area contributed by atoms with Gasteiger partial charge in [0.25, 0.3) is 0 Å². The number of allylic oxidation sites excluding steroid dienone is 1. The molecule has 0 aromatic rings. The fraction of sp³-hybridized carbons (Fsp3) is 0.667. The SMILES string of the molecule is CC(C)=C(N)N(C)C. The van der Waals surface area contributed by atoms with Crippen molar-refractivity contribution in [1.29, 1.82) is 0 Å². The maximum absolute atomic E-state index is 5.56. The van der Waals surface area contributed by atoms with Crippen molar-refractivity contribution in [2.45, 2.75) is 13.8 Å². The minimum atomic E-state index is 0.852. The van der Waals surface area contributed by atoms with Crippen LogP contribution >= 0.6 is 0 Å². The fourth-order valence-electron chi connectivity index (χ4n) is 0.447. The Balaban J connectivity index is 4.00. The van der Waals surface area contributed by atoms with Gasteiger partial charge in [0.1, 0.15) is 0 Å². The Labute approximate surface area is 51.0 Å². The average molecular weight is 114 g/mol. The van der Waals surface area contributed by atoms with Gasteiger partial charge in [0, 0.05) is 14.1 Å². The molecular formula is C6H14N2. The first-order valence-corrected chi connectivity index (χ1v) is 2.66. The first-order chi connectivity index (χ1) is 3.55. The second-order valence-electron chi connectivity index (χ2n) is 2.28. The first-order valence-electron chi connectivity index (χ1n) is 2.66. The zero-order valence-electron chi connectivity index (χ0n) is 6.02. The Bertz CT molecular complexity index is 99.1. The van der Waals surface area contributed by atoms with E-state index in [1.807, 2.05) is 32.8 Å². The monoisotopic (exact) mass is 114 g/mol. The smallest absolute Gasteiger partial charge is 0.0967 e. The molecular weight excluding hydrogens is 100 g/mol. The average Bonchev–Trinajstić information content (AvgIpc) is 1.64. The lowest BCUT2D eigenvalue weighted by Gasteiger charge is -2.13. The summed E-state index contributed by atoms with van der Waals surface area (Å²) in [5, 5.41) is 0. The van der Waals surface area contributed by atoms with Crippen LogP contribution in [0.3, 0.4) is 0 Å². The maximum atomic E-state index is 5.56. The third-order valence-corrected chi connectivity index (χ3v) is 0.994. The van der Waals surface area contributed by atoms with E-state index in [4.69, 9.17) is 5.73 Å². The standard InChI is InChI=1S/C6H14N2/c1-5(2)6(7)8(3)4/h7H2,1-4H3. The molecule has 0 rings (SSSR count). The van der Waals surface area contributed by atoms with Crippen molar-refractivity contribution in [3.05, 3.63) is 11.4 Å². The minimum absolute atomic E-state index is 0.852. The molecule has 0 unspecified atom stereocenters. The van der Waals surface area contributed by atoms with Gasteiger partial charge in [-0.3, -0.25) is 0 Å². The predicted octanol–water partition coefficient (Wildman–Crippen LogP) is 0.758. The van der Waals surface area contributed by atoms with E-state index in [-0.39, 0.29) is 0 Å². The molecule has 48 valence electrons. The third-order valence-electron chi connectivity index (χ3n) is 0.994. The van der Waals surface area contributed by atoms with E-state index in [1.165, 1.54) is 0 Å². The number of rotatable bonds is 1.